The number of carbonyl (C=O) groups is 1. The van der Waals surface area contributed by atoms with E-state index in [0.717, 1.165) is 47.3 Å². The first-order chi connectivity index (χ1) is 14.6. The maximum atomic E-state index is 13.1. The van der Waals surface area contributed by atoms with Crippen molar-refractivity contribution in [2.45, 2.75) is 12.8 Å². The summed E-state index contributed by atoms with van der Waals surface area (Å²) in [4.78, 5) is 20.2. The first kappa shape index (κ1) is 18.9. The van der Waals surface area contributed by atoms with Crippen molar-refractivity contribution >= 4 is 27.2 Å². The van der Waals surface area contributed by atoms with E-state index >= 15 is 0 Å². The van der Waals surface area contributed by atoms with Crippen molar-refractivity contribution in [1.29, 1.82) is 0 Å². The van der Waals surface area contributed by atoms with Crippen molar-refractivity contribution in [3.05, 3.63) is 71.9 Å². The number of hydrogen-bond acceptors (Lipinski definition) is 5. The molecule has 0 aliphatic carbocycles. The SMILES string of the molecule is O=C(c1ccc(F)cc1)C1CCN(c2nn3cc(-c4ccc(F)cc4)nc3s2)CC1. The Labute approximate surface area is 175 Å². The van der Waals surface area contributed by atoms with Crippen LogP contribution in [0.15, 0.2) is 54.7 Å². The molecule has 8 heteroatoms. The summed E-state index contributed by atoms with van der Waals surface area (Å²) in [5, 5.41) is 5.51. The van der Waals surface area contributed by atoms with E-state index in [0.29, 0.717) is 5.56 Å². The van der Waals surface area contributed by atoms with Gasteiger partial charge in [0.15, 0.2) is 5.78 Å². The molecular formula is C22H18F2N4OS. The van der Waals surface area contributed by atoms with E-state index in [-0.39, 0.29) is 23.3 Å². The van der Waals surface area contributed by atoms with Gasteiger partial charge in [-0.05, 0) is 61.4 Å². The second-order valence-corrected chi connectivity index (χ2v) is 8.31. The smallest absolute Gasteiger partial charge is 0.214 e. The van der Waals surface area contributed by atoms with Crippen LogP contribution in [0.3, 0.4) is 0 Å². The van der Waals surface area contributed by atoms with Crippen LogP contribution in [0.1, 0.15) is 23.2 Å². The molecular weight excluding hydrogens is 406 g/mol. The van der Waals surface area contributed by atoms with Gasteiger partial charge in [0.25, 0.3) is 0 Å². The Morgan fingerprint density at radius 2 is 1.60 bits per heavy atom. The molecule has 0 atom stereocenters. The van der Waals surface area contributed by atoms with Gasteiger partial charge in [-0.3, -0.25) is 4.79 Å². The maximum absolute atomic E-state index is 13.1. The minimum absolute atomic E-state index is 0.0548. The molecule has 1 aliphatic rings. The molecule has 5 nitrogen and oxygen atoms in total. The predicted octanol–water partition coefficient (Wildman–Crippen LogP) is 4.84. The lowest BCUT2D eigenvalue weighted by Gasteiger charge is -2.30. The Bertz CT molecular complexity index is 1160. The van der Waals surface area contributed by atoms with Crippen LogP contribution < -0.4 is 4.90 Å². The molecule has 2 aromatic heterocycles. The molecule has 0 spiro atoms. The summed E-state index contributed by atoms with van der Waals surface area (Å²) in [5.74, 6) is -0.590. The van der Waals surface area contributed by atoms with Crippen LogP contribution in [0, 0.1) is 17.6 Å². The van der Waals surface area contributed by atoms with Gasteiger partial charge in [0, 0.05) is 30.1 Å². The number of rotatable bonds is 4. The number of nitrogens with zero attached hydrogens (tertiary/aromatic N) is 4. The standard InChI is InChI=1S/C22H18F2N4OS/c23-17-5-1-14(2-6-17)19-13-28-21(25-19)30-22(26-28)27-11-9-16(10-12-27)20(29)15-3-7-18(24)8-4-15/h1-8,13,16H,9-12H2. The van der Waals surface area contributed by atoms with E-state index in [9.17, 15) is 13.6 Å². The molecule has 5 rings (SSSR count). The van der Waals surface area contributed by atoms with Crippen LogP contribution in [0.4, 0.5) is 13.9 Å². The number of piperidine rings is 1. The van der Waals surface area contributed by atoms with Gasteiger partial charge in [0.2, 0.25) is 10.1 Å². The van der Waals surface area contributed by atoms with Crippen LogP contribution in [0.25, 0.3) is 16.2 Å². The predicted molar refractivity (Wildman–Crippen MR) is 112 cm³/mol. The quantitative estimate of drug-likeness (QED) is 0.440. The molecule has 0 saturated carbocycles. The topological polar surface area (TPSA) is 50.5 Å². The monoisotopic (exact) mass is 424 g/mol. The number of fused-ring (bicyclic) bond motifs is 1. The third kappa shape index (κ3) is 3.59. The van der Waals surface area contributed by atoms with Crippen LogP contribution in [0.2, 0.25) is 0 Å². The number of hydrogen-bond donors (Lipinski definition) is 0. The Hall–Kier alpha value is -3.13. The molecule has 3 heterocycles. The summed E-state index contributed by atoms with van der Waals surface area (Å²) < 4.78 is 27.9. The lowest BCUT2D eigenvalue weighted by atomic mass is 9.89. The van der Waals surface area contributed by atoms with Gasteiger partial charge in [-0.15, -0.1) is 5.10 Å². The molecule has 0 unspecified atom stereocenters. The van der Waals surface area contributed by atoms with Gasteiger partial charge < -0.3 is 4.90 Å². The fraction of sp³-hybridized carbons (Fsp3) is 0.227. The highest BCUT2D eigenvalue weighted by Gasteiger charge is 2.27. The molecule has 1 saturated heterocycles. The van der Waals surface area contributed by atoms with Crippen molar-refractivity contribution in [2.24, 2.45) is 5.92 Å². The zero-order valence-electron chi connectivity index (χ0n) is 16.0. The largest absolute Gasteiger partial charge is 0.347 e. The van der Waals surface area contributed by atoms with Gasteiger partial charge in [-0.25, -0.2) is 18.3 Å². The zero-order chi connectivity index (χ0) is 20.7. The third-order valence-corrected chi connectivity index (χ3v) is 6.42. The zero-order valence-corrected chi connectivity index (χ0v) is 16.8. The van der Waals surface area contributed by atoms with E-state index in [1.807, 2.05) is 6.20 Å². The van der Waals surface area contributed by atoms with Gasteiger partial charge in [-0.1, -0.05) is 11.3 Å². The molecule has 0 amide bonds. The third-order valence-electron chi connectivity index (χ3n) is 5.44. The van der Waals surface area contributed by atoms with E-state index in [2.05, 4.69) is 15.0 Å². The Balaban J connectivity index is 1.27. The summed E-state index contributed by atoms with van der Waals surface area (Å²) in [6.45, 7) is 1.47. The van der Waals surface area contributed by atoms with Crippen LogP contribution in [0.5, 0.6) is 0 Å². The summed E-state index contributed by atoms with van der Waals surface area (Å²) in [6, 6.07) is 12.0. The van der Waals surface area contributed by atoms with Crippen LogP contribution in [-0.2, 0) is 0 Å². The first-order valence-corrected chi connectivity index (χ1v) is 10.6. The van der Waals surface area contributed by atoms with Gasteiger partial charge in [-0.2, -0.15) is 0 Å². The van der Waals surface area contributed by atoms with Crippen molar-refractivity contribution < 1.29 is 13.6 Å². The number of imidazole rings is 1. The van der Waals surface area contributed by atoms with E-state index in [4.69, 9.17) is 0 Å². The lowest BCUT2D eigenvalue weighted by Crippen LogP contribution is -2.36. The highest BCUT2D eigenvalue weighted by atomic mass is 32.1. The number of halogens is 2. The average molecular weight is 424 g/mol. The molecule has 0 radical (unpaired) electrons. The molecule has 0 N–H and O–H groups in total. The Morgan fingerprint density at radius 3 is 2.23 bits per heavy atom. The number of aromatic nitrogens is 3. The van der Waals surface area contributed by atoms with Crippen molar-refractivity contribution in [3.63, 3.8) is 0 Å². The summed E-state index contributed by atoms with van der Waals surface area (Å²) in [7, 11) is 0. The van der Waals surface area contributed by atoms with Crippen LogP contribution >= 0.6 is 11.3 Å². The van der Waals surface area contributed by atoms with Crippen LogP contribution in [-0.4, -0.2) is 33.5 Å². The molecule has 4 aromatic rings. The number of benzene rings is 2. The second kappa shape index (κ2) is 7.60. The highest BCUT2D eigenvalue weighted by Crippen LogP contribution is 2.30. The Morgan fingerprint density at radius 1 is 0.967 bits per heavy atom. The summed E-state index contributed by atoms with van der Waals surface area (Å²) >= 11 is 1.50. The number of carbonyl (C=O) groups excluding carboxylic acids is 1. The molecule has 0 bridgehead atoms. The fourth-order valence-electron chi connectivity index (χ4n) is 3.76. The molecule has 2 aromatic carbocycles. The molecule has 30 heavy (non-hydrogen) atoms. The average Bonchev–Trinajstić information content (AvgIpc) is 3.34. The molecule has 1 aliphatic heterocycles. The highest BCUT2D eigenvalue weighted by molar-refractivity contribution is 7.20. The number of ketones is 1. The van der Waals surface area contributed by atoms with Crippen molar-refractivity contribution in [1.82, 2.24) is 14.6 Å². The summed E-state index contributed by atoms with van der Waals surface area (Å²) in [5.41, 5.74) is 2.16. The van der Waals surface area contributed by atoms with Crippen molar-refractivity contribution in [2.75, 3.05) is 18.0 Å². The van der Waals surface area contributed by atoms with E-state index < -0.39 is 0 Å². The molecule has 1 fully saturated rings. The minimum Gasteiger partial charge on any atom is -0.347 e. The van der Waals surface area contributed by atoms with Crippen molar-refractivity contribution in [3.8, 4) is 11.3 Å². The number of Topliss-reactive ketones (excluding diaryl/α,β-unsaturated/α-hetero) is 1. The fourth-order valence-corrected chi connectivity index (χ4v) is 4.69. The van der Waals surface area contributed by atoms with E-state index in [1.54, 1.807) is 28.8 Å². The normalized spacial score (nSPS) is 15.1. The molecule has 152 valence electrons. The van der Waals surface area contributed by atoms with Gasteiger partial charge in [0.1, 0.15) is 11.6 Å². The lowest BCUT2D eigenvalue weighted by molar-refractivity contribution is 0.0900. The first-order valence-electron chi connectivity index (χ1n) is 9.74. The maximum Gasteiger partial charge on any atom is 0.214 e. The Kier molecular flexibility index (Phi) is 4.78. The van der Waals surface area contributed by atoms with Gasteiger partial charge >= 0.3 is 0 Å². The second-order valence-electron chi connectivity index (χ2n) is 7.38. The van der Waals surface area contributed by atoms with Gasteiger partial charge in [0.05, 0.1) is 11.9 Å². The van der Waals surface area contributed by atoms with E-state index in [1.165, 1.54) is 35.6 Å². The summed E-state index contributed by atoms with van der Waals surface area (Å²) in [6.07, 6.45) is 3.31. The number of anilines is 1. The minimum atomic E-state index is -0.335.